The van der Waals surface area contributed by atoms with Crippen LogP contribution in [-0.2, 0) is 21.4 Å². The minimum Gasteiger partial charge on any atom is -0.372 e. The molecule has 0 aliphatic heterocycles. The van der Waals surface area contributed by atoms with Gasteiger partial charge in [0.15, 0.2) is 0 Å². The largest absolute Gasteiger partial charge is 0.372 e. The van der Waals surface area contributed by atoms with Gasteiger partial charge in [0.25, 0.3) is 0 Å². The summed E-state index contributed by atoms with van der Waals surface area (Å²) in [4.78, 5) is 15.2. The van der Waals surface area contributed by atoms with Gasteiger partial charge in [0.2, 0.25) is 15.9 Å². The van der Waals surface area contributed by atoms with Crippen molar-refractivity contribution in [1.82, 2.24) is 5.32 Å². The molecular weight excluding hydrogens is 434 g/mol. The number of halogens is 1. The highest BCUT2D eigenvalue weighted by molar-refractivity contribution is 7.92. The Hall–Kier alpha value is -2.25. The molecule has 0 aliphatic carbocycles. The van der Waals surface area contributed by atoms with E-state index in [1.165, 1.54) is 0 Å². The number of hydrogen-bond donors (Lipinski definition) is 1. The number of hydrogen-bond acceptors (Lipinski definition) is 4. The summed E-state index contributed by atoms with van der Waals surface area (Å²) in [5, 5.41) is 3.34. The Morgan fingerprint density at radius 2 is 1.61 bits per heavy atom. The topological polar surface area (TPSA) is 69.7 Å². The van der Waals surface area contributed by atoms with Crippen molar-refractivity contribution in [2.45, 2.75) is 46.7 Å². The minimum atomic E-state index is -3.70. The molecule has 0 unspecified atom stereocenters. The molecule has 0 spiro atoms. The third-order valence-electron chi connectivity index (χ3n) is 5.27. The molecule has 2 rings (SSSR count). The summed E-state index contributed by atoms with van der Waals surface area (Å²) < 4.78 is 26.3. The summed E-state index contributed by atoms with van der Waals surface area (Å²) in [5.41, 5.74) is 3.29. The lowest BCUT2D eigenvalue weighted by molar-refractivity contribution is -0.122. The van der Waals surface area contributed by atoms with E-state index in [0.29, 0.717) is 23.7 Å². The average Bonchev–Trinajstić information content (AvgIpc) is 2.73. The minimum absolute atomic E-state index is 0.320. The molecule has 1 amide bonds. The first-order valence-electron chi connectivity index (χ1n) is 10.5. The van der Waals surface area contributed by atoms with Crippen LogP contribution < -0.4 is 14.5 Å². The van der Waals surface area contributed by atoms with Crippen molar-refractivity contribution in [2.75, 3.05) is 28.6 Å². The van der Waals surface area contributed by atoms with Crippen molar-refractivity contribution in [2.24, 2.45) is 0 Å². The normalized spacial score (nSPS) is 12.3. The van der Waals surface area contributed by atoms with Gasteiger partial charge in [0.05, 0.1) is 11.9 Å². The van der Waals surface area contributed by atoms with Gasteiger partial charge in [-0.15, -0.1) is 0 Å². The Kier molecular flexibility index (Phi) is 8.77. The molecule has 2 aromatic carbocycles. The zero-order chi connectivity index (χ0) is 23.2. The van der Waals surface area contributed by atoms with Crippen LogP contribution >= 0.6 is 11.6 Å². The number of anilines is 2. The molecule has 0 bridgehead atoms. The average molecular weight is 466 g/mol. The summed E-state index contributed by atoms with van der Waals surface area (Å²) in [6.45, 7) is 10.0. The van der Waals surface area contributed by atoms with Crippen LogP contribution in [0.4, 0.5) is 11.4 Å². The van der Waals surface area contributed by atoms with Gasteiger partial charge < -0.3 is 10.2 Å². The fraction of sp³-hybridized carbons (Fsp3) is 0.435. The third-order valence-corrected chi connectivity index (χ3v) is 6.86. The van der Waals surface area contributed by atoms with Gasteiger partial charge >= 0.3 is 0 Å². The Bertz CT molecular complexity index is 990. The van der Waals surface area contributed by atoms with Crippen molar-refractivity contribution >= 4 is 38.9 Å². The van der Waals surface area contributed by atoms with Gasteiger partial charge in [-0.05, 0) is 62.6 Å². The molecule has 6 nitrogen and oxygen atoms in total. The number of benzene rings is 2. The monoisotopic (exact) mass is 465 g/mol. The van der Waals surface area contributed by atoms with Gasteiger partial charge in [-0.2, -0.15) is 0 Å². The highest BCUT2D eigenvalue weighted by Gasteiger charge is 2.31. The molecule has 31 heavy (non-hydrogen) atoms. The fourth-order valence-corrected chi connectivity index (χ4v) is 4.88. The molecule has 0 aromatic heterocycles. The van der Waals surface area contributed by atoms with Crippen molar-refractivity contribution in [3.63, 3.8) is 0 Å². The van der Waals surface area contributed by atoms with Crippen LogP contribution in [0.25, 0.3) is 0 Å². The van der Waals surface area contributed by atoms with Crippen LogP contribution in [0.15, 0.2) is 42.5 Å². The van der Waals surface area contributed by atoms with E-state index in [1.54, 1.807) is 25.1 Å². The number of carbonyl (C=O) groups excluding carboxylic acids is 1. The number of nitrogens with zero attached hydrogens (tertiary/aromatic N) is 2. The van der Waals surface area contributed by atoms with E-state index in [-0.39, 0.29) is 5.91 Å². The zero-order valence-corrected chi connectivity index (χ0v) is 20.4. The molecule has 8 heteroatoms. The molecule has 2 aromatic rings. The predicted octanol–water partition coefficient (Wildman–Crippen LogP) is 4.36. The summed E-state index contributed by atoms with van der Waals surface area (Å²) >= 11 is 6.21. The quantitative estimate of drug-likeness (QED) is 0.566. The number of rotatable bonds is 10. The lowest BCUT2D eigenvalue weighted by Gasteiger charge is -2.30. The van der Waals surface area contributed by atoms with E-state index in [0.717, 1.165) is 40.5 Å². The first kappa shape index (κ1) is 25.0. The van der Waals surface area contributed by atoms with Crippen molar-refractivity contribution in [3.8, 4) is 0 Å². The molecule has 0 heterocycles. The Morgan fingerprint density at radius 3 is 2.10 bits per heavy atom. The fourth-order valence-electron chi connectivity index (χ4n) is 3.50. The smallest absolute Gasteiger partial charge is 0.244 e. The lowest BCUT2D eigenvalue weighted by Crippen LogP contribution is -2.49. The lowest BCUT2D eigenvalue weighted by atomic mass is 10.1. The molecule has 170 valence electrons. The maximum Gasteiger partial charge on any atom is 0.244 e. The molecule has 0 aliphatic rings. The van der Waals surface area contributed by atoms with Crippen LogP contribution in [0.2, 0.25) is 5.02 Å². The number of sulfonamides is 1. The van der Waals surface area contributed by atoms with Crippen LogP contribution in [0.3, 0.4) is 0 Å². The molecule has 0 radical (unpaired) electrons. The maximum absolute atomic E-state index is 13.0. The summed E-state index contributed by atoms with van der Waals surface area (Å²) in [7, 11) is -3.70. The molecule has 1 atom stereocenters. The third kappa shape index (κ3) is 6.37. The molecule has 0 fully saturated rings. The number of aryl methyl sites for hydroxylation is 1. The predicted molar refractivity (Wildman–Crippen MR) is 129 cm³/mol. The second-order valence-corrected chi connectivity index (χ2v) is 9.74. The van der Waals surface area contributed by atoms with Gasteiger partial charge in [0, 0.05) is 30.3 Å². The van der Waals surface area contributed by atoms with Crippen LogP contribution in [0.5, 0.6) is 0 Å². The molecule has 0 saturated heterocycles. The van der Waals surface area contributed by atoms with Gasteiger partial charge in [0.1, 0.15) is 6.04 Å². The standard InChI is InChI=1S/C23H32ClN3O3S/c1-6-22(27(31(5,29)30)20-12-9-17(4)21(24)15-20)23(28)25-16-18-10-13-19(14-11-18)26(7-2)8-3/h9-15,22H,6-8,16H2,1-5H3,(H,25,28)/t22-/m0/s1. The Morgan fingerprint density at radius 1 is 1.03 bits per heavy atom. The van der Waals surface area contributed by atoms with Gasteiger partial charge in [-0.25, -0.2) is 8.42 Å². The highest BCUT2D eigenvalue weighted by atomic mass is 35.5. The van der Waals surface area contributed by atoms with Gasteiger partial charge in [-0.1, -0.05) is 36.7 Å². The summed E-state index contributed by atoms with van der Waals surface area (Å²) in [6.07, 6.45) is 1.42. The Labute approximate surface area is 191 Å². The number of amides is 1. The maximum atomic E-state index is 13.0. The second-order valence-electron chi connectivity index (χ2n) is 7.47. The van der Waals surface area contributed by atoms with E-state index in [2.05, 4.69) is 24.1 Å². The van der Waals surface area contributed by atoms with Crippen molar-refractivity contribution in [3.05, 3.63) is 58.6 Å². The Balaban J connectivity index is 2.19. The zero-order valence-electron chi connectivity index (χ0n) is 18.9. The molecular formula is C23H32ClN3O3S. The van der Waals surface area contributed by atoms with E-state index < -0.39 is 16.1 Å². The molecule has 0 saturated carbocycles. The van der Waals surface area contributed by atoms with Crippen molar-refractivity contribution in [1.29, 1.82) is 0 Å². The number of carbonyl (C=O) groups is 1. The first-order valence-corrected chi connectivity index (χ1v) is 12.7. The van der Waals surface area contributed by atoms with E-state index in [9.17, 15) is 13.2 Å². The van der Waals surface area contributed by atoms with Crippen LogP contribution in [0, 0.1) is 6.92 Å². The summed E-state index contributed by atoms with van der Waals surface area (Å²) in [6, 6.07) is 12.1. The number of nitrogens with one attached hydrogen (secondary N) is 1. The van der Waals surface area contributed by atoms with E-state index in [4.69, 9.17) is 11.6 Å². The highest BCUT2D eigenvalue weighted by Crippen LogP contribution is 2.27. The van der Waals surface area contributed by atoms with Gasteiger partial charge in [-0.3, -0.25) is 9.10 Å². The second kappa shape index (κ2) is 10.9. The first-order chi connectivity index (χ1) is 14.6. The van der Waals surface area contributed by atoms with Crippen LogP contribution in [-0.4, -0.2) is 39.7 Å². The van der Waals surface area contributed by atoms with E-state index in [1.807, 2.05) is 31.2 Å². The van der Waals surface area contributed by atoms with Crippen molar-refractivity contribution < 1.29 is 13.2 Å². The summed E-state index contributed by atoms with van der Waals surface area (Å²) in [5.74, 6) is -0.350. The van der Waals surface area contributed by atoms with E-state index >= 15 is 0 Å². The SMILES string of the molecule is CC[C@@H](C(=O)NCc1ccc(N(CC)CC)cc1)N(c1ccc(C)c(Cl)c1)S(C)(=O)=O. The van der Waals surface area contributed by atoms with Crippen LogP contribution in [0.1, 0.15) is 38.3 Å². The molecule has 1 N–H and O–H groups in total.